The Labute approximate surface area is 182 Å². The predicted molar refractivity (Wildman–Crippen MR) is 114 cm³/mol. The molecule has 10 heteroatoms. The van der Waals surface area contributed by atoms with Crippen LogP contribution in [-0.4, -0.2) is 35.7 Å². The molecule has 8 nitrogen and oxygen atoms in total. The van der Waals surface area contributed by atoms with Crippen molar-refractivity contribution < 1.29 is 22.1 Å². The molecule has 32 heavy (non-hydrogen) atoms. The van der Waals surface area contributed by atoms with Gasteiger partial charge < -0.3 is 9.84 Å². The zero-order valence-electron chi connectivity index (χ0n) is 16.9. The summed E-state index contributed by atoms with van der Waals surface area (Å²) in [7, 11) is -3.46. The van der Waals surface area contributed by atoms with Gasteiger partial charge in [-0.2, -0.15) is 0 Å². The minimum atomic E-state index is -3.46. The van der Waals surface area contributed by atoms with Crippen LogP contribution >= 0.6 is 0 Å². The van der Waals surface area contributed by atoms with Crippen molar-refractivity contribution >= 4 is 32.5 Å². The lowest BCUT2D eigenvalue weighted by molar-refractivity contribution is 0.102. The molecule has 1 N–H and O–H groups in total. The number of pyridine rings is 2. The van der Waals surface area contributed by atoms with Crippen molar-refractivity contribution in [2.45, 2.75) is 23.8 Å². The number of hydrogen-bond donors (Lipinski definition) is 1. The highest BCUT2D eigenvalue weighted by atomic mass is 32.2. The van der Waals surface area contributed by atoms with E-state index in [1.54, 1.807) is 18.2 Å². The summed E-state index contributed by atoms with van der Waals surface area (Å²) in [6, 6.07) is 10.4. The fourth-order valence-electron chi connectivity index (χ4n) is 3.47. The molecule has 1 aromatic carbocycles. The van der Waals surface area contributed by atoms with E-state index in [0.717, 1.165) is 19.1 Å². The number of halogens is 1. The molecule has 0 saturated heterocycles. The van der Waals surface area contributed by atoms with Crippen LogP contribution < -0.4 is 5.32 Å². The fraction of sp³-hybridized carbons (Fsp3) is 0.182. The van der Waals surface area contributed by atoms with E-state index in [-0.39, 0.29) is 33.5 Å². The highest BCUT2D eigenvalue weighted by molar-refractivity contribution is 7.90. The number of nitrogens with one attached hydrogen (secondary N) is 1. The van der Waals surface area contributed by atoms with E-state index in [2.05, 4.69) is 20.4 Å². The summed E-state index contributed by atoms with van der Waals surface area (Å²) < 4.78 is 43.0. The minimum absolute atomic E-state index is 0.0984. The second-order valence-electron chi connectivity index (χ2n) is 7.67. The molecule has 0 spiro atoms. The molecule has 1 aliphatic rings. The van der Waals surface area contributed by atoms with E-state index in [1.807, 2.05) is 0 Å². The molecular weight excluding hydrogens is 435 g/mol. The number of nitrogens with zero attached hydrogens (tertiary/aromatic N) is 3. The third-order valence-electron chi connectivity index (χ3n) is 5.21. The molecule has 5 rings (SSSR count). The largest absolute Gasteiger partial charge is 0.335 e. The molecule has 0 radical (unpaired) electrons. The number of sulfone groups is 1. The smallest absolute Gasteiger partial charge is 0.259 e. The average Bonchev–Trinajstić information content (AvgIpc) is 3.52. The highest BCUT2D eigenvalue weighted by Crippen LogP contribution is 2.43. The Morgan fingerprint density at radius 2 is 1.97 bits per heavy atom. The average molecular weight is 452 g/mol. The van der Waals surface area contributed by atoms with Crippen molar-refractivity contribution in [2.75, 3.05) is 11.6 Å². The van der Waals surface area contributed by atoms with Crippen LogP contribution in [0.25, 0.3) is 22.4 Å². The number of amides is 1. The minimum Gasteiger partial charge on any atom is -0.335 e. The zero-order chi connectivity index (χ0) is 22.5. The van der Waals surface area contributed by atoms with Gasteiger partial charge in [0.2, 0.25) is 0 Å². The van der Waals surface area contributed by atoms with Gasteiger partial charge in [0.1, 0.15) is 5.82 Å². The zero-order valence-corrected chi connectivity index (χ0v) is 17.7. The van der Waals surface area contributed by atoms with Crippen LogP contribution in [0.15, 0.2) is 58.2 Å². The summed E-state index contributed by atoms with van der Waals surface area (Å²) in [5, 5.41) is 7.22. The summed E-state index contributed by atoms with van der Waals surface area (Å²) in [4.78, 5) is 21.5. The Morgan fingerprint density at radius 3 is 2.62 bits per heavy atom. The Bertz CT molecular complexity index is 1460. The number of hydrogen-bond acceptors (Lipinski definition) is 7. The summed E-state index contributed by atoms with van der Waals surface area (Å²) in [5.41, 5.74) is 1.83. The van der Waals surface area contributed by atoms with Gasteiger partial charge in [0.25, 0.3) is 11.6 Å². The number of carbonyl (C=O) groups excluding carboxylic acids is 1. The Morgan fingerprint density at radius 1 is 1.19 bits per heavy atom. The third-order valence-corrected chi connectivity index (χ3v) is 6.21. The summed E-state index contributed by atoms with van der Waals surface area (Å²) in [6.45, 7) is 0. The van der Waals surface area contributed by atoms with Gasteiger partial charge in [0.05, 0.1) is 34.2 Å². The molecule has 0 bridgehead atoms. The van der Waals surface area contributed by atoms with Gasteiger partial charge in [-0.05, 0) is 43.2 Å². The maximum absolute atomic E-state index is 14.4. The lowest BCUT2D eigenvalue weighted by Gasteiger charge is -2.09. The van der Waals surface area contributed by atoms with E-state index in [9.17, 15) is 17.6 Å². The fourth-order valence-corrected chi connectivity index (χ4v) is 4.03. The molecule has 1 amide bonds. The Hall–Kier alpha value is -3.66. The molecule has 162 valence electrons. The molecule has 0 unspecified atom stereocenters. The van der Waals surface area contributed by atoms with Gasteiger partial charge >= 0.3 is 0 Å². The summed E-state index contributed by atoms with van der Waals surface area (Å²) in [6.07, 6.45) is 4.19. The van der Waals surface area contributed by atoms with Crippen LogP contribution in [0, 0.1) is 5.82 Å². The first-order valence-electron chi connectivity index (χ1n) is 9.84. The monoisotopic (exact) mass is 452 g/mol. The van der Waals surface area contributed by atoms with Crippen LogP contribution in [0.2, 0.25) is 0 Å². The van der Waals surface area contributed by atoms with Crippen molar-refractivity contribution in [3.63, 3.8) is 0 Å². The van der Waals surface area contributed by atoms with Crippen molar-refractivity contribution in [1.82, 2.24) is 15.1 Å². The Kier molecular flexibility index (Phi) is 4.74. The van der Waals surface area contributed by atoms with E-state index < -0.39 is 21.6 Å². The molecule has 3 aromatic heterocycles. The maximum Gasteiger partial charge on any atom is 0.259 e. The van der Waals surface area contributed by atoms with Gasteiger partial charge in [-0.3, -0.25) is 4.79 Å². The van der Waals surface area contributed by atoms with Crippen LogP contribution in [0.5, 0.6) is 0 Å². The number of anilines is 1. The predicted octanol–water partition coefficient (Wildman–Crippen LogP) is 3.96. The van der Waals surface area contributed by atoms with Crippen molar-refractivity contribution in [2.24, 2.45) is 0 Å². The van der Waals surface area contributed by atoms with Crippen molar-refractivity contribution in [1.29, 1.82) is 0 Å². The first kappa shape index (κ1) is 20.3. The van der Waals surface area contributed by atoms with Crippen LogP contribution in [0.3, 0.4) is 0 Å². The van der Waals surface area contributed by atoms with E-state index in [4.69, 9.17) is 4.52 Å². The molecule has 1 aliphatic carbocycles. The topological polar surface area (TPSA) is 115 Å². The molecule has 1 fully saturated rings. The van der Waals surface area contributed by atoms with Crippen LogP contribution in [0.1, 0.15) is 34.8 Å². The number of benzene rings is 1. The van der Waals surface area contributed by atoms with E-state index >= 15 is 0 Å². The van der Waals surface area contributed by atoms with E-state index in [1.165, 1.54) is 30.5 Å². The second-order valence-corrected chi connectivity index (χ2v) is 9.63. The van der Waals surface area contributed by atoms with Gasteiger partial charge in [-0.25, -0.2) is 22.8 Å². The lowest BCUT2D eigenvalue weighted by atomic mass is 10.0. The maximum atomic E-state index is 14.4. The first-order valence-corrected chi connectivity index (χ1v) is 11.7. The summed E-state index contributed by atoms with van der Waals surface area (Å²) in [5.74, 6) is -0.776. The lowest BCUT2D eigenvalue weighted by Crippen LogP contribution is -2.14. The van der Waals surface area contributed by atoms with Crippen LogP contribution in [-0.2, 0) is 9.84 Å². The molecule has 0 atom stereocenters. The standard InChI is InChI=1S/C22H17FN4O4S/c1-32(29,30)18-9-8-13(11-24-18)25-21(28)15-10-17(14-4-2-3-5-16(14)23)26-22-19(15)20(27-31-22)12-6-7-12/h2-5,8-12H,6-7H2,1H3,(H,25,28). The number of carbonyl (C=O) groups is 1. The SMILES string of the molecule is CS(=O)(=O)c1ccc(NC(=O)c2cc(-c3ccccc3F)nc3onc(C4CC4)c23)cn1. The summed E-state index contributed by atoms with van der Waals surface area (Å²) >= 11 is 0. The van der Waals surface area contributed by atoms with Gasteiger partial charge in [-0.1, -0.05) is 17.3 Å². The van der Waals surface area contributed by atoms with Gasteiger partial charge in [0.15, 0.2) is 14.9 Å². The molecular formula is C22H17FN4O4S. The molecule has 3 heterocycles. The molecule has 4 aromatic rings. The number of rotatable bonds is 5. The van der Waals surface area contributed by atoms with Gasteiger partial charge in [-0.15, -0.1) is 0 Å². The van der Waals surface area contributed by atoms with Crippen LogP contribution in [0.4, 0.5) is 10.1 Å². The molecule has 1 saturated carbocycles. The molecule has 0 aliphatic heterocycles. The quantitative estimate of drug-likeness (QED) is 0.487. The van der Waals surface area contributed by atoms with Crippen molar-refractivity contribution in [3.8, 4) is 11.3 Å². The number of fused-ring (bicyclic) bond motifs is 1. The highest BCUT2D eigenvalue weighted by Gasteiger charge is 2.32. The normalized spacial score (nSPS) is 13.9. The van der Waals surface area contributed by atoms with Crippen molar-refractivity contribution in [3.05, 3.63) is 65.7 Å². The second kappa shape index (κ2) is 7.49. The Balaban J connectivity index is 1.59. The van der Waals surface area contributed by atoms with Gasteiger partial charge in [0, 0.05) is 17.7 Å². The first-order chi connectivity index (χ1) is 15.3. The van der Waals surface area contributed by atoms with E-state index in [0.29, 0.717) is 16.8 Å². The number of aromatic nitrogens is 3. The third kappa shape index (κ3) is 3.73.